The predicted molar refractivity (Wildman–Crippen MR) is 72.1 cm³/mol. The molecule has 0 aromatic carbocycles. The van der Waals surface area contributed by atoms with Crippen molar-refractivity contribution in [3.63, 3.8) is 0 Å². The monoisotopic (exact) mass is 298 g/mol. The fourth-order valence-corrected chi connectivity index (χ4v) is 3.18. The summed E-state index contributed by atoms with van der Waals surface area (Å²) in [6, 6.07) is 0. The highest BCUT2D eigenvalue weighted by molar-refractivity contribution is 5.87. The lowest BCUT2D eigenvalue weighted by Gasteiger charge is -2.33. The van der Waals surface area contributed by atoms with Crippen LogP contribution in [0.2, 0.25) is 0 Å². The summed E-state index contributed by atoms with van der Waals surface area (Å²) in [6.45, 7) is 5.17. The molecule has 118 valence electrons. The van der Waals surface area contributed by atoms with Crippen molar-refractivity contribution in [2.24, 2.45) is 0 Å². The van der Waals surface area contributed by atoms with Crippen LogP contribution in [0.5, 0.6) is 0 Å². The summed E-state index contributed by atoms with van der Waals surface area (Å²) in [6.07, 6.45) is 2.86. The van der Waals surface area contributed by atoms with Crippen LogP contribution in [-0.4, -0.2) is 43.7 Å². The molecule has 1 aliphatic carbocycles. The number of hydrogen-bond donors (Lipinski definition) is 0. The maximum atomic E-state index is 11.7. The lowest BCUT2D eigenvalue weighted by Crippen LogP contribution is -2.38. The van der Waals surface area contributed by atoms with Crippen LogP contribution in [0, 0.1) is 0 Å². The van der Waals surface area contributed by atoms with E-state index in [4.69, 9.17) is 23.7 Å². The van der Waals surface area contributed by atoms with Crippen LogP contribution in [0.3, 0.4) is 0 Å². The molecule has 3 aliphatic rings. The molecular formula is C15H22O6. The Labute approximate surface area is 124 Å². The maximum Gasteiger partial charge on any atom is 0.335 e. The topological polar surface area (TPSA) is 63.2 Å². The van der Waals surface area contributed by atoms with Crippen molar-refractivity contribution in [2.75, 3.05) is 7.11 Å². The van der Waals surface area contributed by atoms with E-state index in [1.165, 1.54) is 6.42 Å². The molecule has 6 heteroatoms. The lowest BCUT2D eigenvalue weighted by molar-refractivity contribution is -0.280. The first-order valence-electron chi connectivity index (χ1n) is 7.45. The zero-order valence-corrected chi connectivity index (χ0v) is 12.5. The van der Waals surface area contributed by atoms with Gasteiger partial charge in [-0.1, -0.05) is 13.0 Å². The van der Waals surface area contributed by atoms with Gasteiger partial charge in [0.1, 0.15) is 6.10 Å². The second kappa shape index (κ2) is 5.68. The fraction of sp³-hybridized carbons (Fsp3) is 0.800. The Morgan fingerprint density at radius 3 is 2.33 bits per heavy atom. The summed E-state index contributed by atoms with van der Waals surface area (Å²) < 4.78 is 28.4. The third-order valence-corrected chi connectivity index (χ3v) is 4.25. The van der Waals surface area contributed by atoms with Crippen LogP contribution in [0.15, 0.2) is 12.2 Å². The summed E-state index contributed by atoms with van der Waals surface area (Å²) in [5, 5.41) is 0. The van der Waals surface area contributed by atoms with Crippen molar-refractivity contribution < 1.29 is 28.5 Å². The second-order valence-electron chi connectivity index (χ2n) is 5.93. The number of ether oxygens (including phenoxy) is 5. The fourth-order valence-electron chi connectivity index (χ4n) is 3.18. The minimum absolute atomic E-state index is 0.322. The van der Waals surface area contributed by atoms with E-state index in [2.05, 4.69) is 6.58 Å². The first-order chi connectivity index (χ1) is 10.0. The second-order valence-corrected chi connectivity index (χ2v) is 5.93. The quantitative estimate of drug-likeness (QED) is 0.585. The third kappa shape index (κ3) is 2.73. The highest BCUT2D eigenvalue weighted by atomic mass is 16.8. The van der Waals surface area contributed by atoms with Gasteiger partial charge >= 0.3 is 5.97 Å². The number of carbonyl (C=O) groups is 1. The summed E-state index contributed by atoms with van der Waals surface area (Å²) in [5.74, 6) is -1.06. The Hall–Kier alpha value is -0.950. The van der Waals surface area contributed by atoms with Crippen LogP contribution in [0.1, 0.15) is 39.0 Å². The summed E-state index contributed by atoms with van der Waals surface area (Å²) in [7, 11) is 1.54. The molecule has 3 fully saturated rings. The molecule has 2 heterocycles. The molecule has 0 amide bonds. The van der Waals surface area contributed by atoms with Crippen LogP contribution in [0.25, 0.3) is 0 Å². The minimum atomic E-state index is -0.814. The average molecular weight is 298 g/mol. The first-order valence-corrected chi connectivity index (χ1v) is 7.45. The minimum Gasteiger partial charge on any atom is -0.429 e. The van der Waals surface area contributed by atoms with Crippen molar-refractivity contribution in [1.29, 1.82) is 0 Å². The standard InChI is InChI=1S/C15H22O6/c1-9(2)12(16)18-14-11-10(13(17-3)19-14)20-15(21-11)7-5-4-6-8-15/h10-11,13-14H,1,4-8H2,2-3H3. The van der Waals surface area contributed by atoms with Gasteiger partial charge in [-0.25, -0.2) is 4.79 Å². The van der Waals surface area contributed by atoms with Gasteiger partial charge in [-0.2, -0.15) is 0 Å². The van der Waals surface area contributed by atoms with Gasteiger partial charge in [0.25, 0.3) is 0 Å². The molecule has 0 radical (unpaired) electrons. The maximum absolute atomic E-state index is 11.7. The van der Waals surface area contributed by atoms with E-state index in [0.29, 0.717) is 5.57 Å². The normalized spacial score (nSPS) is 37.4. The number of carbonyl (C=O) groups excluding carboxylic acids is 1. The Morgan fingerprint density at radius 2 is 1.76 bits per heavy atom. The van der Waals surface area contributed by atoms with Gasteiger partial charge in [-0.15, -0.1) is 0 Å². The number of hydrogen-bond acceptors (Lipinski definition) is 6. The van der Waals surface area contributed by atoms with Crippen molar-refractivity contribution in [3.05, 3.63) is 12.2 Å². The molecule has 2 aliphatic heterocycles. The number of esters is 1. The first kappa shape index (κ1) is 15.0. The molecule has 2 saturated heterocycles. The van der Waals surface area contributed by atoms with Gasteiger partial charge in [0, 0.05) is 25.5 Å². The third-order valence-electron chi connectivity index (χ3n) is 4.25. The van der Waals surface area contributed by atoms with Crippen LogP contribution >= 0.6 is 0 Å². The van der Waals surface area contributed by atoms with Crippen molar-refractivity contribution in [2.45, 2.75) is 69.6 Å². The Bertz CT molecular complexity index is 428. The SMILES string of the molecule is C=C(C)C(=O)OC1OC(OC)C2OC3(CCCCC3)OC12. The smallest absolute Gasteiger partial charge is 0.335 e. The molecule has 1 saturated carbocycles. The lowest BCUT2D eigenvalue weighted by atomic mass is 9.94. The van der Waals surface area contributed by atoms with E-state index in [9.17, 15) is 4.79 Å². The summed E-state index contributed by atoms with van der Waals surface area (Å²) in [4.78, 5) is 11.7. The Morgan fingerprint density at radius 1 is 1.14 bits per heavy atom. The van der Waals surface area contributed by atoms with Gasteiger partial charge in [-0.3, -0.25) is 0 Å². The van der Waals surface area contributed by atoms with E-state index in [0.717, 1.165) is 25.7 Å². The van der Waals surface area contributed by atoms with Crippen LogP contribution in [0.4, 0.5) is 0 Å². The van der Waals surface area contributed by atoms with Crippen LogP contribution in [-0.2, 0) is 28.5 Å². The zero-order valence-electron chi connectivity index (χ0n) is 12.5. The van der Waals surface area contributed by atoms with E-state index in [1.807, 2.05) is 0 Å². The molecule has 21 heavy (non-hydrogen) atoms. The number of fused-ring (bicyclic) bond motifs is 1. The number of methoxy groups -OCH3 is 1. The molecule has 6 nitrogen and oxygen atoms in total. The molecule has 4 unspecified atom stereocenters. The largest absolute Gasteiger partial charge is 0.429 e. The molecule has 0 aromatic heterocycles. The molecular weight excluding hydrogens is 276 g/mol. The molecule has 3 rings (SSSR count). The Balaban J connectivity index is 1.73. The average Bonchev–Trinajstić information content (AvgIpc) is 2.96. The van der Waals surface area contributed by atoms with Crippen molar-refractivity contribution in [3.8, 4) is 0 Å². The van der Waals surface area contributed by atoms with Gasteiger partial charge in [0.05, 0.1) is 0 Å². The van der Waals surface area contributed by atoms with E-state index in [1.54, 1.807) is 14.0 Å². The zero-order chi connectivity index (χ0) is 15.0. The van der Waals surface area contributed by atoms with Gasteiger partial charge in [0.2, 0.25) is 6.29 Å². The molecule has 0 aromatic rings. The number of rotatable bonds is 3. The van der Waals surface area contributed by atoms with Gasteiger partial charge in [0.15, 0.2) is 18.2 Å². The highest BCUT2D eigenvalue weighted by Gasteiger charge is 2.60. The summed E-state index contributed by atoms with van der Waals surface area (Å²) >= 11 is 0. The van der Waals surface area contributed by atoms with Crippen LogP contribution < -0.4 is 0 Å². The molecule has 4 atom stereocenters. The van der Waals surface area contributed by atoms with Crippen molar-refractivity contribution >= 4 is 5.97 Å². The van der Waals surface area contributed by atoms with E-state index < -0.39 is 30.4 Å². The van der Waals surface area contributed by atoms with Gasteiger partial charge < -0.3 is 23.7 Å². The van der Waals surface area contributed by atoms with E-state index >= 15 is 0 Å². The molecule has 0 N–H and O–H groups in total. The molecule has 0 bridgehead atoms. The predicted octanol–water partition coefficient (Wildman–Crippen LogP) is 1.88. The molecule has 1 spiro atoms. The summed E-state index contributed by atoms with van der Waals surface area (Å²) in [5.41, 5.74) is 0.322. The Kier molecular flexibility index (Phi) is 4.05. The van der Waals surface area contributed by atoms with Crippen molar-refractivity contribution in [1.82, 2.24) is 0 Å². The van der Waals surface area contributed by atoms with E-state index in [-0.39, 0.29) is 6.10 Å². The van der Waals surface area contributed by atoms with Gasteiger partial charge in [-0.05, 0) is 19.8 Å². The highest BCUT2D eigenvalue weighted by Crippen LogP contribution is 2.46.